The molecular weight excluding hydrogens is 266 g/mol. The van der Waals surface area contributed by atoms with Gasteiger partial charge in [-0.25, -0.2) is 0 Å². The van der Waals surface area contributed by atoms with Gasteiger partial charge in [0.05, 0.1) is 13.7 Å². The molecule has 0 spiro atoms. The van der Waals surface area contributed by atoms with Gasteiger partial charge >= 0.3 is 0 Å². The number of hydrogen-bond acceptors (Lipinski definition) is 4. The summed E-state index contributed by atoms with van der Waals surface area (Å²) >= 11 is 0. The maximum atomic E-state index is 5.89. The van der Waals surface area contributed by atoms with Crippen LogP contribution in [0, 0.1) is 0 Å². The van der Waals surface area contributed by atoms with Crippen molar-refractivity contribution in [1.29, 1.82) is 0 Å². The number of nitrogens with zero attached hydrogens (tertiary/aromatic N) is 2. The maximum Gasteiger partial charge on any atom is 0.124 e. The topological polar surface area (TPSA) is 48.3 Å². The molecule has 0 amide bonds. The highest BCUT2D eigenvalue weighted by molar-refractivity contribution is 5.40. The minimum atomic E-state index is 0.424. The van der Waals surface area contributed by atoms with E-state index in [1.54, 1.807) is 13.3 Å². The first-order valence-corrected chi connectivity index (χ1v) is 7.19. The van der Waals surface area contributed by atoms with Gasteiger partial charge in [-0.3, -0.25) is 4.68 Å². The first-order valence-electron chi connectivity index (χ1n) is 7.19. The largest absolute Gasteiger partial charge is 0.497 e. The van der Waals surface area contributed by atoms with Gasteiger partial charge in [-0.15, -0.1) is 0 Å². The quantitative estimate of drug-likeness (QED) is 0.811. The van der Waals surface area contributed by atoms with E-state index in [2.05, 4.69) is 24.3 Å². The zero-order valence-corrected chi connectivity index (χ0v) is 12.9. The monoisotopic (exact) mass is 289 g/mol. The maximum absolute atomic E-state index is 5.89. The molecule has 1 N–H and O–H groups in total. The molecule has 1 heterocycles. The second-order valence-electron chi connectivity index (χ2n) is 5.13. The Hall–Kier alpha value is -2.01. The van der Waals surface area contributed by atoms with Gasteiger partial charge in [-0.1, -0.05) is 13.8 Å². The molecular formula is C16H23N3O2. The fraction of sp³-hybridized carbons (Fsp3) is 0.438. The summed E-state index contributed by atoms with van der Waals surface area (Å²) in [6, 6.07) is 8.22. The molecule has 5 heteroatoms. The summed E-state index contributed by atoms with van der Waals surface area (Å²) in [5, 5.41) is 7.57. The molecule has 1 aromatic heterocycles. The predicted octanol–water partition coefficient (Wildman–Crippen LogP) is 2.47. The molecule has 0 saturated heterocycles. The van der Waals surface area contributed by atoms with E-state index in [1.165, 1.54) is 0 Å². The van der Waals surface area contributed by atoms with Crippen molar-refractivity contribution in [2.75, 3.05) is 13.7 Å². The minimum absolute atomic E-state index is 0.424. The lowest BCUT2D eigenvalue weighted by Gasteiger charge is -2.15. The van der Waals surface area contributed by atoms with Crippen molar-refractivity contribution in [2.24, 2.45) is 0 Å². The molecule has 0 saturated carbocycles. The molecule has 0 atom stereocenters. The van der Waals surface area contributed by atoms with E-state index in [1.807, 2.05) is 35.1 Å². The Labute approximate surface area is 125 Å². The first kappa shape index (κ1) is 15.4. The molecule has 21 heavy (non-hydrogen) atoms. The third-order valence-corrected chi connectivity index (χ3v) is 3.11. The van der Waals surface area contributed by atoms with Gasteiger partial charge in [0.2, 0.25) is 0 Å². The lowest BCUT2D eigenvalue weighted by Crippen LogP contribution is -2.22. The predicted molar refractivity (Wildman–Crippen MR) is 82.7 cm³/mol. The summed E-state index contributed by atoms with van der Waals surface area (Å²) in [5.74, 6) is 1.73. The first-order chi connectivity index (χ1) is 10.2. The van der Waals surface area contributed by atoms with Crippen LogP contribution in [0.25, 0.3) is 0 Å². The number of aromatic nitrogens is 2. The summed E-state index contributed by atoms with van der Waals surface area (Å²) < 4.78 is 13.0. The summed E-state index contributed by atoms with van der Waals surface area (Å²) in [4.78, 5) is 0. The summed E-state index contributed by atoms with van der Waals surface area (Å²) in [6.07, 6.45) is 3.70. The average Bonchev–Trinajstić information content (AvgIpc) is 2.99. The van der Waals surface area contributed by atoms with Crippen molar-refractivity contribution in [2.45, 2.75) is 33.0 Å². The van der Waals surface area contributed by atoms with Crippen molar-refractivity contribution < 1.29 is 9.47 Å². The number of rotatable bonds is 8. The molecule has 114 valence electrons. The molecule has 0 aliphatic carbocycles. The second kappa shape index (κ2) is 7.69. The standard InChI is InChI=1S/C16H23N3O2/c1-13(2)17-12-14-11-15(20-3)5-6-16(14)21-10-9-19-8-4-7-18-19/h4-8,11,13,17H,9-10,12H2,1-3H3. The van der Waals surface area contributed by atoms with Crippen molar-refractivity contribution in [3.8, 4) is 11.5 Å². The van der Waals surface area contributed by atoms with E-state index in [9.17, 15) is 0 Å². The van der Waals surface area contributed by atoms with E-state index in [4.69, 9.17) is 9.47 Å². The van der Waals surface area contributed by atoms with Crippen molar-refractivity contribution in [3.63, 3.8) is 0 Å². The Morgan fingerprint density at radius 1 is 1.33 bits per heavy atom. The number of hydrogen-bond donors (Lipinski definition) is 1. The molecule has 1 aromatic carbocycles. The molecule has 2 aromatic rings. The van der Waals surface area contributed by atoms with Crippen LogP contribution < -0.4 is 14.8 Å². The van der Waals surface area contributed by atoms with Crippen molar-refractivity contribution >= 4 is 0 Å². The molecule has 2 rings (SSSR count). The number of methoxy groups -OCH3 is 1. The van der Waals surface area contributed by atoms with Gasteiger partial charge in [0.25, 0.3) is 0 Å². The highest BCUT2D eigenvalue weighted by Crippen LogP contribution is 2.24. The van der Waals surface area contributed by atoms with Gasteiger partial charge in [0.1, 0.15) is 18.1 Å². The van der Waals surface area contributed by atoms with E-state index >= 15 is 0 Å². The normalized spacial score (nSPS) is 10.9. The van der Waals surface area contributed by atoms with Crippen molar-refractivity contribution in [1.82, 2.24) is 15.1 Å². The summed E-state index contributed by atoms with van der Waals surface area (Å²) in [7, 11) is 1.67. The lowest BCUT2D eigenvalue weighted by atomic mass is 10.1. The Morgan fingerprint density at radius 3 is 2.86 bits per heavy atom. The molecule has 0 radical (unpaired) electrons. The van der Waals surface area contributed by atoms with Crippen LogP contribution in [0.15, 0.2) is 36.7 Å². The molecule has 0 fully saturated rings. The van der Waals surface area contributed by atoms with Crippen LogP contribution in [-0.2, 0) is 13.1 Å². The van der Waals surface area contributed by atoms with Gasteiger partial charge in [-0.05, 0) is 24.3 Å². The zero-order valence-electron chi connectivity index (χ0n) is 12.9. The molecule has 0 aliphatic rings. The smallest absolute Gasteiger partial charge is 0.124 e. The fourth-order valence-corrected chi connectivity index (χ4v) is 1.96. The van der Waals surface area contributed by atoms with E-state index < -0.39 is 0 Å². The van der Waals surface area contributed by atoms with Gasteiger partial charge in [0, 0.05) is 30.5 Å². The van der Waals surface area contributed by atoms with E-state index in [0.29, 0.717) is 12.6 Å². The molecule has 0 bridgehead atoms. The lowest BCUT2D eigenvalue weighted by molar-refractivity contribution is 0.287. The fourth-order valence-electron chi connectivity index (χ4n) is 1.96. The van der Waals surface area contributed by atoms with Crippen LogP contribution in [0.1, 0.15) is 19.4 Å². The zero-order chi connectivity index (χ0) is 15.1. The minimum Gasteiger partial charge on any atom is -0.497 e. The van der Waals surface area contributed by atoms with Crippen LogP contribution in [0.3, 0.4) is 0 Å². The summed E-state index contributed by atoms with van der Waals surface area (Å²) in [6.45, 7) is 6.32. The molecule has 0 aliphatic heterocycles. The van der Waals surface area contributed by atoms with E-state index in [0.717, 1.165) is 30.2 Å². The van der Waals surface area contributed by atoms with Crippen LogP contribution in [0.4, 0.5) is 0 Å². The molecule has 5 nitrogen and oxygen atoms in total. The molecule has 0 unspecified atom stereocenters. The van der Waals surface area contributed by atoms with Gasteiger partial charge in [-0.2, -0.15) is 5.10 Å². The average molecular weight is 289 g/mol. The second-order valence-corrected chi connectivity index (χ2v) is 5.13. The van der Waals surface area contributed by atoms with Crippen LogP contribution in [0.5, 0.6) is 11.5 Å². The Balaban J connectivity index is 1.98. The third kappa shape index (κ3) is 4.79. The number of ether oxygens (including phenoxy) is 2. The van der Waals surface area contributed by atoms with Crippen LogP contribution in [0.2, 0.25) is 0 Å². The van der Waals surface area contributed by atoms with E-state index in [-0.39, 0.29) is 0 Å². The Kier molecular flexibility index (Phi) is 5.63. The highest BCUT2D eigenvalue weighted by atomic mass is 16.5. The highest BCUT2D eigenvalue weighted by Gasteiger charge is 2.07. The van der Waals surface area contributed by atoms with Crippen LogP contribution >= 0.6 is 0 Å². The summed E-state index contributed by atoms with van der Waals surface area (Å²) in [5.41, 5.74) is 1.10. The van der Waals surface area contributed by atoms with Gasteiger partial charge in [0.15, 0.2) is 0 Å². The Bertz CT molecular complexity index is 538. The Morgan fingerprint density at radius 2 is 2.19 bits per heavy atom. The number of nitrogens with one attached hydrogen (secondary N) is 1. The van der Waals surface area contributed by atoms with Crippen molar-refractivity contribution in [3.05, 3.63) is 42.2 Å². The van der Waals surface area contributed by atoms with Crippen LogP contribution in [-0.4, -0.2) is 29.5 Å². The SMILES string of the molecule is COc1ccc(OCCn2cccn2)c(CNC(C)C)c1. The third-order valence-electron chi connectivity index (χ3n) is 3.11. The van der Waals surface area contributed by atoms with Gasteiger partial charge < -0.3 is 14.8 Å². The number of benzene rings is 1.